The molecule has 0 aromatic heterocycles. The van der Waals surface area contributed by atoms with Gasteiger partial charge in [-0.15, -0.1) is 0 Å². The predicted molar refractivity (Wildman–Crippen MR) is 110 cm³/mol. The fraction of sp³-hybridized carbons (Fsp3) is 1.00. The minimum absolute atomic E-state index is 0.114. The maximum Gasteiger partial charge on any atom is 0.364 e. The van der Waals surface area contributed by atoms with Gasteiger partial charge >= 0.3 is 6.11 Å². The minimum atomic E-state index is -4.34. The fourth-order valence-corrected chi connectivity index (χ4v) is 6.28. The number of rotatable bonds is 5. The molecule has 0 N–H and O–H groups in total. The van der Waals surface area contributed by atoms with E-state index in [1.165, 1.54) is 0 Å². The zero-order valence-electron chi connectivity index (χ0n) is 19.6. The van der Waals surface area contributed by atoms with Crippen molar-refractivity contribution in [3.63, 3.8) is 0 Å². The zero-order valence-corrected chi connectivity index (χ0v) is 19.6. The van der Waals surface area contributed by atoms with Crippen LogP contribution in [0, 0.1) is 29.6 Å². The first-order valence-corrected chi connectivity index (χ1v) is 12.6. The first-order chi connectivity index (χ1) is 16.5. The van der Waals surface area contributed by atoms with E-state index in [0.29, 0.717) is 26.1 Å². The summed E-state index contributed by atoms with van der Waals surface area (Å²) in [6.45, 7) is 3.00. The van der Waals surface area contributed by atoms with E-state index in [0.717, 1.165) is 0 Å². The highest BCUT2D eigenvalue weighted by Gasteiger charge is 2.57. The van der Waals surface area contributed by atoms with Crippen molar-refractivity contribution in [2.24, 2.45) is 29.6 Å². The number of hydrogen-bond donors (Lipinski definition) is 0. The van der Waals surface area contributed by atoms with Crippen LogP contribution in [0.4, 0.5) is 35.1 Å². The smallest absolute Gasteiger partial charge is 0.352 e. The van der Waals surface area contributed by atoms with Crippen LogP contribution in [0.5, 0.6) is 0 Å². The summed E-state index contributed by atoms with van der Waals surface area (Å²) >= 11 is 0. The van der Waals surface area contributed by atoms with Crippen LogP contribution in [0.3, 0.4) is 0 Å². The zero-order chi connectivity index (χ0) is 25.5. The maximum absolute atomic E-state index is 15.1. The number of hydrogen-bond acceptors (Lipinski definition) is 3. The molecule has 0 radical (unpaired) electrons. The standard InChI is InChI=1S/C24H34F8O3/c1-11-9-33-23(34-10-11)12-2-3-15(16(25)4-12)13-5-17(26)21(18(27)6-13)24(31,32)35-14-7-19(28)22(30)20(29)8-14/h11-23H,2-10H2,1H3. The molecule has 35 heavy (non-hydrogen) atoms. The fourth-order valence-electron chi connectivity index (χ4n) is 6.28. The van der Waals surface area contributed by atoms with Crippen molar-refractivity contribution in [3.8, 4) is 0 Å². The van der Waals surface area contributed by atoms with Crippen molar-refractivity contribution < 1.29 is 49.3 Å². The lowest BCUT2D eigenvalue weighted by atomic mass is 9.67. The number of alkyl halides is 8. The van der Waals surface area contributed by atoms with Crippen LogP contribution in [-0.2, 0) is 14.2 Å². The van der Waals surface area contributed by atoms with E-state index in [4.69, 9.17) is 9.47 Å². The van der Waals surface area contributed by atoms with E-state index >= 15 is 4.39 Å². The lowest BCUT2D eigenvalue weighted by Crippen LogP contribution is -2.52. The van der Waals surface area contributed by atoms with Gasteiger partial charge in [0.25, 0.3) is 0 Å². The van der Waals surface area contributed by atoms with E-state index in [2.05, 4.69) is 4.74 Å². The van der Waals surface area contributed by atoms with Crippen LogP contribution < -0.4 is 0 Å². The van der Waals surface area contributed by atoms with Crippen LogP contribution in [0.15, 0.2) is 0 Å². The van der Waals surface area contributed by atoms with Crippen molar-refractivity contribution in [2.45, 2.75) is 107 Å². The molecule has 0 aromatic carbocycles. The topological polar surface area (TPSA) is 27.7 Å². The predicted octanol–water partition coefficient (Wildman–Crippen LogP) is 6.24. The van der Waals surface area contributed by atoms with Crippen LogP contribution in [-0.4, -0.2) is 68.7 Å². The van der Waals surface area contributed by atoms with Gasteiger partial charge in [0.2, 0.25) is 0 Å². The molecule has 1 heterocycles. The van der Waals surface area contributed by atoms with Gasteiger partial charge in [-0.3, -0.25) is 0 Å². The number of halogens is 8. The molecule has 1 saturated heterocycles. The van der Waals surface area contributed by atoms with Crippen LogP contribution >= 0.6 is 0 Å². The molecule has 0 aromatic rings. The summed E-state index contributed by atoms with van der Waals surface area (Å²) in [6, 6.07) is 0. The van der Waals surface area contributed by atoms with E-state index in [-0.39, 0.29) is 18.3 Å². The van der Waals surface area contributed by atoms with E-state index < -0.39 is 99.0 Å². The van der Waals surface area contributed by atoms with Gasteiger partial charge < -0.3 is 14.2 Å². The molecule has 7 atom stereocenters. The molecule has 0 spiro atoms. The molecule has 0 bridgehead atoms. The highest BCUT2D eigenvalue weighted by Crippen LogP contribution is 2.49. The molecule has 3 nitrogen and oxygen atoms in total. The summed E-state index contributed by atoms with van der Waals surface area (Å²) < 4.78 is 131. The van der Waals surface area contributed by atoms with Crippen molar-refractivity contribution in [2.75, 3.05) is 13.2 Å². The second-order valence-corrected chi connectivity index (χ2v) is 10.9. The summed E-state index contributed by atoms with van der Waals surface area (Å²) in [6.07, 6.45) is -21.2. The Morgan fingerprint density at radius 3 is 1.77 bits per heavy atom. The van der Waals surface area contributed by atoms with Gasteiger partial charge in [-0.05, 0) is 43.9 Å². The van der Waals surface area contributed by atoms with Crippen molar-refractivity contribution in [1.29, 1.82) is 0 Å². The van der Waals surface area contributed by atoms with E-state index in [1.807, 2.05) is 6.92 Å². The van der Waals surface area contributed by atoms with Gasteiger partial charge in [-0.25, -0.2) is 26.3 Å². The Kier molecular flexibility index (Phi) is 8.58. The molecule has 0 amide bonds. The second kappa shape index (κ2) is 11.0. The first kappa shape index (κ1) is 27.4. The normalized spacial score (nSPS) is 50.1. The summed E-state index contributed by atoms with van der Waals surface area (Å²) in [5, 5.41) is 0. The molecule has 4 fully saturated rings. The Balaban J connectivity index is 1.32. The lowest BCUT2D eigenvalue weighted by Gasteiger charge is -2.45. The van der Waals surface area contributed by atoms with Gasteiger partial charge in [0.15, 0.2) is 12.5 Å². The maximum atomic E-state index is 15.1. The molecule has 4 rings (SSSR count). The van der Waals surface area contributed by atoms with Crippen LogP contribution in [0.2, 0.25) is 0 Å². The van der Waals surface area contributed by atoms with Crippen molar-refractivity contribution >= 4 is 0 Å². The van der Waals surface area contributed by atoms with Gasteiger partial charge in [-0.2, -0.15) is 8.78 Å². The minimum Gasteiger partial charge on any atom is -0.352 e. The van der Waals surface area contributed by atoms with Gasteiger partial charge in [0, 0.05) is 24.7 Å². The molecule has 7 unspecified atom stereocenters. The molecular weight excluding hydrogens is 488 g/mol. The Bertz CT molecular complexity index is 670. The van der Waals surface area contributed by atoms with Gasteiger partial charge in [0.1, 0.15) is 36.8 Å². The molecule has 204 valence electrons. The largest absolute Gasteiger partial charge is 0.364 e. The summed E-state index contributed by atoms with van der Waals surface area (Å²) in [5.41, 5.74) is 0. The van der Waals surface area contributed by atoms with Gasteiger partial charge in [0.05, 0.1) is 19.3 Å². The highest BCUT2D eigenvalue weighted by atomic mass is 19.3. The summed E-state index contributed by atoms with van der Waals surface area (Å²) in [7, 11) is 0. The Hall–Kier alpha value is -0.680. The van der Waals surface area contributed by atoms with Crippen molar-refractivity contribution in [3.05, 3.63) is 0 Å². The molecule has 3 saturated carbocycles. The Labute approximate surface area is 200 Å². The SMILES string of the molecule is CC1COC(C2CCC(C3CC(F)C(C(F)(F)OC4CC(F)C(F)C(F)C4)C(F)C3)C(F)C2)OC1. The molecule has 3 aliphatic carbocycles. The third-order valence-corrected chi connectivity index (χ3v) is 8.16. The van der Waals surface area contributed by atoms with E-state index in [9.17, 15) is 30.7 Å². The molecule has 1 aliphatic heterocycles. The molecular formula is C24H34F8O3. The summed E-state index contributed by atoms with van der Waals surface area (Å²) in [5.74, 6) is -3.83. The van der Waals surface area contributed by atoms with E-state index in [1.54, 1.807) is 0 Å². The third kappa shape index (κ3) is 6.08. The summed E-state index contributed by atoms with van der Waals surface area (Å²) in [4.78, 5) is 0. The van der Waals surface area contributed by atoms with Crippen LogP contribution in [0.1, 0.15) is 51.9 Å². The third-order valence-electron chi connectivity index (χ3n) is 8.16. The van der Waals surface area contributed by atoms with Crippen molar-refractivity contribution in [1.82, 2.24) is 0 Å². The lowest BCUT2D eigenvalue weighted by molar-refractivity contribution is -0.323. The molecule has 11 heteroatoms. The average molecular weight is 523 g/mol. The van der Waals surface area contributed by atoms with Gasteiger partial charge in [-0.1, -0.05) is 6.92 Å². The quantitative estimate of drug-likeness (QED) is 0.400. The first-order valence-electron chi connectivity index (χ1n) is 12.6. The average Bonchev–Trinajstić information content (AvgIpc) is 2.76. The molecule has 4 aliphatic rings. The highest BCUT2D eigenvalue weighted by molar-refractivity contribution is 4.97. The number of ether oxygens (including phenoxy) is 3. The monoisotopic (exact) mass is 522 g/mol. The Morgan fingerprint density at radius 1 is 0.686 bits per heavy atom. The second-order valence-electron chi connectivity index (χ2n) is 10.9. The van der Waals surface area contributed by atoms with Crippen LogP contribution in [0.25, 0.3) is 0 Å². The Morgan fingerprint density at radius 2 is 1.23 bits per heavy atom.